The van der Waals surface area contributed by atoms with Crippen LogP contribution >= 0.6 is 0 Å². The number of fused-ring (bicyclic) bond motifs is 1. The summed E-state index contributed by atoms with van der Waals surface area (Å²) in [6.45, 7) is 8.59. The fourth-order valence-corrected chi connectivity index (χ4v) is 3.96. The van der Waals surface area contributed by atoms with E-state index in [1.54, 1.807) is 18.2 Å². The van der Waals surface area contributed by atoms with E-state index in [-0.39, 0.29) is 22.7 Å². The van der Waals surface area contributed by atoms with Crippen LogP contribution in [-0.4, -0.2) is 16.4 Å². The van der Waals surface area contributed by atoms with Gasteiger partial charge >= 0.3 is 0 Å². The number of carbonyl (C=O) groups excluding carboxylic acids is 1. The van der Waals surface area contributed by atoms with E-state index in [9.17, 15) is 9.18 Å². The van der Waals surface area contributed by atoms with Crippen molar-refractivity contribution in [1.82, 2.24) is 10.3 Å². The van der Waals surface area contributed by atoms with Crippen molar-refractivity contribution in [1.29, 1.82) is 0 Å². The molecule has 0 saturated heterocycles. The third-order valence-corrected chi connectivity index (χ3v) is 4.70. The number of halogens is 1. The number of hydrogen-bond donors (Lipinski definition) is 1. The number of aromatic nitrogens is 1. The van der Waals surface area contributed by atoms with E-state index in [1.807, 2.05) is 18.2 Å². The average molecular weight is 378 g/mol. The molecule has 2 aromatic carbocycles. The van der Waals surface area contributed by atoms with Crippen molar-refractivity contribution in [2.24, 2.45) is 5.41 Å². The van der Waals surface area contributed by atoms with Crippen LogP contribution in [0.5, 0.6) is 0 Å². The molecular formula is C24H27FN2O. The molecule has 1 atom stereocenters. The highest BCUT2D eigenvalue weighted by Gasteiger charge is 2.32. The predicted octanol–water partition coefficient (Wildman–Crippen LogP) is 5.54. The maximum Gasteiger partial charge on any atom is 0.253 e. The second-order valence-electron chi connectivity index (χ2n) is 8.95. The first-order valence-corrected chi connectivity index (χ1v) is 9.56. The number of hydrogen-bond acceptors (Lipinski definition) is 2. The average Bonchev–Trinajstić information content (AvgIpc) is 2.60. The molecule has 0 fully saturated rings. The molecule has 4 heteroatoms. The largest absolute Gasteiger partial charge is 0.346 e. The molecule has 1 amide bonds. The standard InChI is InChI=1S/C24H27FN2O/c1-23(2,3)16-24(4,14-17-9-6-5-7-10-17)27-22(28)19-13-18-11-8-12-20(25)21(18)26-15-19/h5-13,15H,14,16H2,1-4H3,(H,27,28)/t24-/m0/s1. The van der Waals surface area contributed by atoms with Crippen molar-refractivity contribution in [3.05, 3.63) is 77.7 Å². The van der Waals surface area contributed by atoms with E-state index in [4.69, 9.17) is 0 Å². The number of nitrogens with one attached hydrogen (secondary N) is 1. The van der Waals surface area contributed by atoms with Crippen molar-refractivity contribution < 1.29 is 9.18 Å². The summed E-state index contributed by atoms with van der Waals surface area (Å²) < 4.78 is 13.9. The Bertz CT molecular complexity index is 979. The zero-order chi connectivity index (χ0) is 20.4. The molecule has 0 radical (unpaired) electrons. The summed E-state index contributed by atoms with van der Waals surface area (Å²) in [5, 5.41) is 3.84. The maximum atomic E-state index is 13.9. The van der Waals surface area contributed by atoms with Gasteiger partial charge in [0.2, 0.25) is 0 Å². The van der Waals surface area contributed by atoms with Gasteiger partial charge in [-0.1, -0.05) is 63.2 Å². The lowest BCUT2D eigenvalue weighted by Gasteiger charge is -2.37. The number of pyridine rings is 1. The summed E-state index contributed by atoms with van der Waals surface area (Å²) in [5.41, 5.74) is 1.51. The van der Waals surface area contributed by atoms with Crippen LogP contribution in [0.4, 0.5) is 4.39 Å². The molecule has 1 aromatic heterocycles. The molecular weight excluding hydrogens is 351 g/mol. The Kier molecular flexibility index (Phi) is 5.50. The normalized spacial score (nSPS) is 13.9. The summed E-state index contributed by atoms with van der Waals surface area (Å²) in [6, 6.07) is 16.6. The fraction of sp³-hybridized carbons (Fsp3) is 0.333. The number of para-hydroxylation sites is 1. The molecule has 3 nitrogen and oxygen atoms in total. The van der Waals surface area contributed by atoms with E-state index >= 15 is 0 Å². The smallest absolute Gasteiger partial charge is 0.253 e. The Morgan fingerprint density at radius 3 is 2.43 bits per heavy atom. The third kappa shape index (κ3) is 4.94. The Morgan fingerprint density at radius 1 is 1.04 bits per heavy atom. The molecule has 28 heavy (non-hydrogen) atoms. The van der Waals surface area contributed by atoms with Gasteiger partial charge < -0.3 is 5.32 Å². The van der Waals surface area contributed by atoms with Gasteiger partial charge in [0.25, 0.3) is 5.91 Å². The molecule has 146 valence electrons. The Balaban J connectivity index is 1.88. The first-order chi connectivity index (χ1) is 13.2. The van der Waals surface area contributed by atoms with Gasteiger partial charge in [-0.15, -0.1) is 0 Å². The number of nitrogens with zero attached hydrogens (tertiary/aromatic N) is 1. The summed E-state index contributed by atoms with van der Waals surface area (Å²) >= 11 is 0. The second-order valence-corrected chi connectivity index (χ2v) is 8.95. The Hall–Kier alpha value is -2.75. The molecule has 0 aliphatic carbocycles. The zero-order valence-corrected chi connectivity index (χ0v) is 16.9. The van der Waals surface area contributed by atoms with E-state index in [0.717, 1.165) is 12.8 Å². The van der Waals surface area contributed by atoms with E-state index in [2.05, 4.69) is 50.1 Å². The van der Waals surface area contributed by atoms with Crippen LogP contribution in [0.15, 0.2) is 60.8 Å². The summed E-state index contributed by atoms with van der Waals surface area (Å²) in [4.78, 5) is 17.2. The molecule has 1 N–H and O–H groups in total. The highest BCUT2D eigenvalue weighted by atomic mass is 19.1. The van der Waals surface area contributed by atoms with Crippen LogP contribution in [-0.2, 0) is 6.42 Å². The van der Waals surface area contributed by atoms with Crippen LogP contribution in [0.25, 0.3) is 10.9 Å². The molecule has 0 unspecified atom stereocenters. The topological polar surface area (TPSA) is 42.0 Å². The Labute approximate surface area is 166 Å². The highest BCUT2D eigenvalue weighted by Crippen LogP contribution is 2.30. The molecule has 3 rings (SSSR count). The van der Waals surface area contributed by atoms with Crippen molar-refractivity contribution in [2.45, 2.75) is 46.1 Å². The molecule has 1 heterocycles. The van der Waals surface area contributed by atoms with Gasteiger partial charge in [-0.3, -0.25) is 9.78 Å². The first kappa shape index (κ1) is 20.0. The molecule has 0 spiro atoms. The number of carbonyl (C=O) groups is 1. The van der Waals surface area contributed by atoms with Gasteiger partial charge in [-0.2, -0.15) is 0 Å². The minimum absolute atomic E-state index is 0.0432. The van der Waals surface area contributed by atoms with Gasteiger partial charge in [-0.25, -0.2) is 4.39 Å². The van der Waals surface area contributed by atoms with Gasteiger partial charge in [0.1, 0.15) is 11.3 Å². The maximum absolute atomic E-state index is 13.9. The van der Waals surface area contributed by atoms with E-state index < -0.39 is 5.54 Å². The number of benzene rings is 2. The minimum Gasteiger partial charge on any atom is -0.346 e. The zero-order valence-electron chi connectivity index (χ0n) is 16.9. The quantitative estimate of drug-likeness (QED) is 0.633. The fourth-order valence-electron chi connectivity index (χ4n) is 3.96. The monoisotopic (exact) mass is 378 g/mol. The highest BCUT2D eigenvalue weighted by molar-refractivity contribution is 5.97. The van der Waals surface area contributed by atoms with Crippen molar-refractivity contribution in [3.63, 3.8) is 0 Å². The van der Waals surface area contributed by atoms with E-state index in [0.29, 0.717) is 10.9 Å². The van der Waals surface area contributed by atoms with Crippen LogP contribution in [0.3, 0.4) is 0 Å². The SMILES string of the molecule is CC(C)(C)C[C@](C)(Cc1ccccc1)NC(=O)c1cnc2c(F)cccc2c1. The molecule has 0 saturated carbocycles. The molecule has 0 aliphatic heterocycles. The number of rotatable bonds is 5. The van der Waals surface area contributed by atoms with Crippen LogP contribution < -0.4 is 5.32 Å². The summed E-state index contributed by atoms with van der Waals surface area (Å²) in [6.07, 6.45) is 2.99. The molecule has 3 aromatic rings. The Morgan fingerprint density at radius 2 is 1.75 bits per heavy atom. The summed E-state index contributed by atoms with van der Waals surface area (Å²) in [5.74, 6) is -0.576. The van der Waals surface area contributed by atoms with Crippen molar-refractivity contribution in [3.8, 4) is 0 Å². The first-order valence-electron chi connectivity index (χ1n) is 9.56. The van der Waals surface area contributed by atoms with E-state index in [1.165, 1.54) is 17.8 Å². The van der Waals surface area contributed by atoms with Gasteiger partial charge in [0.15, 0.2) is 0 Å². The van der Waals surface area contributed by atoms with Crippen molar-refractivity contribution in [2.75, 3.05) is 0 Å². The summed E-state index contributed by atoms with van der Waals surface area (Å²) in [7, 11) is 0. The van der Waals surface area contributed by atoms with Gasteiger partial charge in [-0.05, 0) is 42.9 Å². The molecule has 0 aliphatic rings. The minimum atomic E-state index is -0.423. The van der Waals surface area contributed by atoms with Crippen LogP contribution in [0.2, 0.25) is 0 Å². The van der Waals surface area contributed by atoms with Crippen LogP contribution in [0, 0.1) is 11.2 Å². The predicted molar refractivity (Wildman–Crippen MR) is 112 cm³/mol. The van der Waals surface area contributed by atoms with Gasteiger partial charge in [0.05, 0.1) is 5.56 Å². The van der Waals surface area contributed by atoms with Crippen LogP contribution in [0.1, 0.15) is 50.0 Å². The van der Waals surface area contributed by atoms with Crippen molar-refractivity contribution >= 4 is 16.8 Å². The lowest BCUT2D eigenvalue weighted by atomic mass is 9.77. The lowest BCUT2D eigenvalue weighted by Crippen LogP contribution is -2.50. The molecule has 0 bridgehead atoms. The number of amides is 1. The second kappa shape index (κ2) is 7.70. The lowest BCUT2D eigenvalue weighted by molar-refractivity contribution is 0.0879. The third-order valence-electron chi connectivity index (χ3n) is 4.70. The van der Waals surface area contributed by atoms with Gasteiger partial charge in [0, 0.05) is 17.1 Å².